The van der Waals surface area contributed by atoms with E-state index in [-0.39, 0.29) is 18.1 Å². The van der Waals surface area contributed by atoms with Crippen molar-refractivity contribution in [2.45, 2.75) is 25.0 Å². The van der Waals surface area contributed by atoms with E-state index in [4.69, 9.17) is 17.0 Å². The summed E-state index contributed by atoms with van der Waals surface area (Å²) in [4.78, 5) is 12.5. The largest absolute Gasteiger partial charge is 0.388 e. The van der Waals surface area contributed by atoms with Gasteiger partial charge in [-0.3, -0.25) is 4.79 Å². The number of hydrogen-bond acceptors (Lipinski definition) is 5. The molecule has 2 aromatic rings. The van der Waals surface area contributed by atoms with Crippen LogP contribution in [0.5, 0.6) is 0 Å². The third-order valence-electron chi connectivity index (χ3n) is 4.81. The summed E-state index contributed by atoms with van der Waals surface area (Å²) in [7, 11) is 1.54. The van der Waals surface area contributed by atoms with Crippen molar-refractivity contribution >= 4 is 28.8 Å². The van der Waals surface area contributed by atoms with Gasteiger partial charge in [-0.2, -0.15) is 0 Å². The maximum atomic E-state index is 12.4. The number of anilines is 1. The maximum absolute atomic E-state index is 12.4. The number of rotatable bonds is 7. The maximum Gasteiger partial charge on any atom is 0.278 e. The van der Waals surface area contributed by atoms with Crippen molar-refractivity contribution in [2.75, 3.05) is 25.3 Å². The minimum atomic E-state index is -1.37. The molecule has 2 unspecified atom stereocenters. The summed E-state index contributed by atoms with van der Waals surface area (Å²) < 4.78 is 4.88. The van der Waals surface area contributed by atoms with Gasteiger partial charge in [-0.25, -0.2) is 10.0 Å². The lowest BCUT2D eigenvalue weighted by Gasteiger charge is -2.27. The molecule has 0 bridgehead atoms. The zero-order chi connectivity index (χ0) is 21.5. The van der Waals surface area contributed by atoms with Crippen molar-refractivity contribution in [3.05, 3.63) is 65.7 Å². The van der Waals surface area contributed by atoms with Gasteiger partial charge in [0.1, 0.15) is 18.1 Å². The van der Waals surface area contributed by atoms with Gasteiger partial charge in [-0.05, 0) is 36.1 Å². The monoisotopic (exact) mass is 424 g/mol. The lowest BCUT2D eigenvalue weighted by atomic mass is 10.0. The summed E-state index contributed by atoms with van der Waals surface area (Å²) in [5.74, 6) is 5.11. The summed E-state index contributed by atoms with van der Waals surface area (Å²) in [6, 6.07) is 17.2. The highest BCUT2D eigenvalue weighted by molar-refractivity contribution is 7.80. The third kappa shape index (κ3) is 5.04. The van der Waals surface area contributed by atoms with Gasteiger partial charge in [0.2, 0.25) is 0 Å². The van der Waals surface area contributed by atoms with Gasteiger partial charge in [-0.1, -0.05) is 66.5 Å². The molecule has 0 radical (unpaired) electrons. The molecule has 1 saturated heterocycles. The summed E-state index contributed by atoms with van der Waals surface area (Å²) in [6.45, 7) is 0.339. The first-order valence-corrected chi connectivity index (χ1v) is 10.0. The van der Waals surface area contributed by atoms with Crippen LogP contribution in [0.3, 0.4) is 0 Å². The quantitative estimate of drug-likeness (QED) is 0.525. The Labute approximate surface area is 181 Å². The highest BCUT2D eigenvalue weighted by atomic mass is 32.1. The number of hydrogen-bond donors (Lipinski definition) is 2. The molecule has 1 aliphatic rings. The number of aliphatic hydroxyl groups excluding tert-OH is 2. The van der Waals surface area contributed by atoms with E-state index < -0.39 is 18.1 Å². The van der Waals surface area contributed by atoms with Gasteiger partial charge in [-0.15, -0.1) is 0 Å². The van der Waals surface area contributed by atoms with Crippen molar-refractivity contribution in [1.82, 2.24) is 5.01 Å². The number of methoxy groups -OCH3 is 1. The summed E-state index contributed by atoms with van der Waals surface area (Å²) >= 11 is 5.27. The van der Waals surface area contributed by atoms with Crippen LogP contribution >= 0.6 is 12.2 Å². The number of aryl methyl sites for hydroxylation is 1. The zero-order valence-corrected chi connectivity index (χ0v) is 17.5. The van der Waals surface area contributed by atoms with E-state index in [2.05, 4.69) is 11.8 Å². The topological polar surface area (TPSA) is 73.2 Å². The number of amides is 1. The first-order valence-electron chi connectivity index (χ1n) is 9.63. The van der Waals surface area contributed by atoms with E-state index in [1.807, 2.05) is 30.3 Å². The molecule has 2 aromatic carbocycles. The average molecular weight is 425 g/mol. The second-order valence-corrected chi connectivity index (χ2v) is 7.28. The molecular formula is C23H24N2O4S. The van der Waals surface area contributed by atoms with Crippen LogP contribution in [-0.2, 0) is 16.0 Å². The van der Waals surface area contributed by atoms with Crippen LogP contribution in [0.4, 0.5) is 5.69 Å². The Kier molecular flexibility index (Phi) is 7.55. The van der Waals surface area contributed by atoms with Crippen molar-refractivity contribution in [1.29, 1.82) is 0 Å². The average Bonchev–Trinajstić information content (AvgIpc) is 2.99. The molecule has 1 heterocycles. The molecule has 0 saturated carbocycles. The standard InChI is InChI=1S/C23H24N2O4S/c1-29-16-6-5-15-24-22(28)21(27)23(30)25(24)19-12-10-18(11-13-19)20(26)14-9-17-7-3-2-4-8-17/h2-4,7-8,10-13,20-21,26-27H,9,14-16H2,1H3. The number of thiocarbonyl (C=S) groups is 1. The van der Waals surface area contributed by atoms with Gasteiger partial charge in [0, 0.05) is 7.11 Å². The van der Waals surface area contributed by atoms with E-state index in [0.29, 0.717) is 12.1 Å². The predicted molar refractivity (Wildman–Crippen MR) is 119 cm³/mol. The molecule has 2 N–H and O–H groups in total. The van der Waals surface area contributed by atoms with Crippen molar-refractivity contribution in [2.24, 2.45) is 0 Å². The first-order chi connectivity index (χ1) is 14.5. The fraction of sp³-hybridized carbons (Fsp3) is 0.304. The molecule has 3 rings (SSSR count). The SMILES string of the molecule is COCC#CCN1C(=O)C(O)C(=S)N1c1ccc(C(O)CCc2ccccc2)cc1. The molecular weight excluding hydrogens is 400 g/mol. The van der Waals surface area contributed by atoms with Gasteiger partial charge in [0.05, 0.1) is 11.8 Å². The van der Waals surface area contributed by atoms with Crippen molar-refractivity contribution in [3.63, 3.8) is 0 Å². The molecule has 1 amide bonds. The van der Waals surface area contributed by atoms with Crippen LogP contribution in [0, 0.1) is 11.8 Å². The summed E-state index contributed by atoms with van der Waals surface area (Å²) in [6.07, 6.45) is -0.605. The number of benzene rings is 2. The molecule has 156 valence electrons. The number of carbonyl (C=O) groups is 1. The number of aliphatic hydroxyl groups is 2. The minimum Gasteiger partial charge on any atom is -0.388 e. The van der Waals surface area contributed by atoms with E-state index in [1.165, 1.54) is 22.7 Å². The molecule has 0 aliphatic carbocycles. The highest BCUT2D eigenvalue weighted by Gasteiger charge is 2.41. The van der Waals surface area contributed by atoms with Crippen molar-refractivity contribution < 1.29 is 19.7 Å². The molecule has 0 aromatic heterocycles. The zero-order valence-electron chi connectivity index (χ0n) is 16.7. The Hall–Kier alpha value is -2.76. The molecule has 30 heavy (non-hydrogen) atoms. The number of nitrogens with zero attached hydrogens (tertiary/aromatic N) is 2. The number of carbonyl (C=O) groups excluding carboxylic acids is 1. The second-order valence-electron chi connectivity index (χ2n) is 6.87. The Bertz CT molecular complexity index is 937. The molecule has 1 aliphatic heterocycles. The van der Waals surface area contributed by atoms with E-state index in [0.717, 1.165) is 12.0 Å². The minimum absolute atomic E-state index is 0.0842. The normalized spacial score (nSPS) is 17.1. The summed E-state index contributed by atoms with van der Waals surface area (Å²) in [5.41, 5.74) is 2.57. The van der Waals surface area contributed by atoms with E-state index in [9.17, 15) is 15.0 Å². The molecule has 6 nitrogen and oxygen atoms in total. The van der Waals surface area contributed by atoms with Gasteiger partial charge >= 0.3 is 0 Å². The van der Waals surface area contributed by atoms with E-state index >= 15 is 0 Å². The highest BCUT2D eigenvalue weighted by Crippen LogP contribution is 2.27. The second kappa shape index (κ2) is 10.3. The lowest BCUT2D eigenvalue weighted by Crippen LogP contribution is -2.40. The predicted octanol–water partition coefficient (Wildman–Crippen LogP) is 2.25. The first kappa shape index (κ1) is 21.9. The fourth-order valence-corrected chi connectivity index (χ4v) is 3.51. The molecule has 7 heteroatoms. The molecule has 2 atom stereocenters. The van der Waals surface area contributed by atoms with Gasteiger partial charge in [0.25, 0.3) is 5.91 Å². The number of ether oxygens (including phenoxy) is 1. The smallest absolute Gasteiger partial charge is 0.278 e. The Morgan fingerprint density at radius 2 is 1.83 bits per heavy atom. The fourth-order valence-electron chi connectivity index (χ4n) is 3.20. The van der Waals surface area contributed by atoms with Crippen LogP contribution in [-0.4, -0.2) is 52.5 Å². The summed E-state index contributed by atoms with van der Waals surface area (Å²) in [5, 5.41) is 23.4. The van der Waals surface area contributed by atoms with Crippen LogP contribution in [0.2, 0.25) is 0 Å². The molecule has 0 spiro atoms. The Morgan fingerprint density at radius 1 is 1.13 bits per heavy atom. The van der Waals surface area contributed by atoms with Crippen LogP contribution in [0.1, 0.15) is 23.7 Å². The third-order valence-corrected chi connectivity index (χ3v) is 5.21. The van der Waals surface area contributed by atoms with Crippen molar-refractivity contribution in [3.8, 4) is 11.8 Å². The van der Waals surface area contributed by atoms with Gasteiger partial charge < -0.3 is 14.9 Å². The van der Waals surface area contributed by atoms with Crippen LogP contribution in [0.25, 0.3) is 0 Å². The molecule has 1 fully saturated rings. The van der Waals surface area contributed by atoms with Gasteiger partial charge in [0.15, 0.2) is 6.10 Å². The Balaban J connectivity index is 1.70. The van der Waals surface area contributed by atoms with Crippen LogP contribution < -0.4 is 5.01 Å². The van der Waals surface area contributed by atoms with E-state index in [1.54, 1.807) is 24.3 Å². The number of hydrazine groups is 1. The lowest BCUT2D eigenvalue weighted by molar-refractivity contribution is -0.133. The van der Waals surface area contributed by atoms with Crippen LogP contribution in [0.15, 0.2) is 54.6 Å². The Morgan fingerprint density at radius 3 is 2.50 bits per heavy atom.